The number of aliphatic hydroxyl groups excluding tert-OH is 1. The first-order valence-corrected chi connectivity index (χ1v) is 8.50. The molecule has 0 saturated carbocycles. The fourth-order valence-corrected chi connectivity index (χ4v) is 3.52. The van der Waals surface area contributed by atoms with Gasteiger partial charge in [-0.05, 0) is 44.1 Å². The van der Waals surface area contributed by atoms with Gasteiger partial charge in [0.15, 0.2) is 0 Å². The van der Waals surface area contributed by atoms with E-state index in [1.54, 1.807) is 0 Å². The number of nitrogens with one attached hydrogen (secondary N) is 1. The van der Waals surface area contributed by atoms with E-state index >= 15 is 0 Å². The Labute approximate surface area is 126 Å². The molecule has 0 spiro atoms. The molecule has 2 unspecified atom stereocenters. The summed E-state index contributed by atoms with van der Waals surface area (Å²) in [4.78, 5) is 0. The molecule has 0 radical (unpaired) electrons. The number of benzene rings is 1. The van der Waals surface area contributed by atoms with Crippen molar-refractivity contribution in [3.8, 4) is 5.75 Å². The molecule has 0 aromatic heterocycles. The molecule has 1 aromatic rings. The predicted molar refractivity (Wildman–Crippen MR) is 85.8 cm³/mol. The number of thioether (sulfide) groups is 1. The standard InChI is InChI=1S/C16H25NO2S/c1-12-5-6-16(13(2)8-12)19-10-15(18)9-17-14-4-3-7-20-11-14/h5-6,8,14-15,17-18H,3-4,7,9-11H2,1-2H3. The van der Waals surface area contributed by atoms with Crippen LogP contribution in [0.15, 0.2) is 18.2 Å². The van der Waals surface area contributed by atoms with E-state index in [4.69, 9.17) is 4.74 Å². The Balaban J connectivity index is 1.70. The van der Waals surface area contributed by atoms with E-state index in [-0.39, 0.29) is 0 Å². The van der Waals surface area contributed by atoms with Crippen LogP contribution in [0, 0.1) is 13.8 Å². The lowest BCUT2D eigenvalue weighted by Gasteiger charge is -2.24. The molecule has 0 bridgehead atoms. The van der Waals surface area contributed by atoms with E-state index in [1.165, 1.54) is 24.2 Å². The SMILES string of the molecule is Cc1ccc(OCC(O)CNC2CCCSC2)c(C)c1. The molecule has 1 saturated heterocycles. The maximum Gasteiger partial charge on any atom is 0.122 e. The third-order valence-electron chi connectivity index (χ3n) is 3.56. The lowest BCUT2D eigenvalue weighted by Crippen LogP contribution is -2.40. The van der Waals surface area contributed by atoms with E-state index in [0.29, 0.717) is 19.2 Å². The maximum absolute atomic E-state index is 9.99. The first-order chi connectivity index (χ1) is 9.65. The minimum absolute atomic E-state index is 0.344. The summed E-state index contributed by atoms with van der Waals surface area (Å²) in [7, 11) is 0. The van der Waals surface area contributed by atoms with Gasteiger partial charge >= 0.3 is 0 Å². The molecule has 2 atom stereocenters. The highest BCUT2D eigenvalue weighted by Crippen LogP contribution is 2.19. The normalized spacial score (nSPS) is 20.6. The molecule has 0 aliphatic carbocycles. The highest BCUT2D eigenvalue weighted by Gasteiger charge is 2.15. The van der Waals surface area contributed by atoms with Crippen LogP contribution in [0.25, 0.3) is 0 Å². The zero-order valence-corrected chi connectivity index (χ0v) is 13.2. The average Bonchev–Trinajstić information content (AvgIpc) is 2.45. The summed E-state index contributed by atoms with van der Waals surface area (Å²) in [6, 6.07) is 6.65. The monoisotopic (exact) mass is 295 g/mol. The Bertz CT molecular complexity index is 419. The van der Waals surface area contributed by atoms with Crippen molar-refractivity contribution in [3.05, 3.63) is 29.3 Å². The molecule has 1 fully saturated rings. The first kappa shape index (κ1) is 15.7. The van der Waals surface area contributed by atoms with Crippen molar-refractivity contribution in [2.75, 3.05) is 24.7 Å². The number of hydrogen-bond donors (Lipinski definition) is 2. The van der Waals surface area contributed by atoms with Gasteiger partial charge in [-0.1, -0.05) is 17.7 Å². The minimum atomic E-state index is -0.456. The molecular formula is C16H25NO2S. The second kappa shape index (κ2) is 7.91. The zero-order valence-electron chi connectivity index (χ0n) is 12.4. The second-order valence-corrected chi connectivity index (χ2v) is 6.71. The van der Waals surface area contributed by atoms with Crippen LogP contribution in [0.5, 0.6) is 5.75 Å². The molecule has 0 amide bonds. The van der Waals surface area contributed by atoms with Crippen molar-refractivity contribution in [1.29, 1.82) is 0 Å². The van der Waals surface area contributed by atoms with Crippen LogP contribution in [-0.4, -0.2) is 41.9 Å². The summed E-state index contributed by atoms with van der Waals surface area (Å²) in [5.41, 5.74) is 2.35. The van der Waals surface area contributed by atoms with Crippen LogP contribution < -0.4 is 10.1 Å². The number of hydrogen-bond acceptors (Lipinski definition) is 4. The van der Waals surface area contributed by atoms with Gasteiger partial charge in [-0.15, -0.1) is 0 Å². The predicted octanol–water partition coefficient (Wildman–Crippen LogP) is 2.53. The fourth-order valence-electron chi connectivity index (χ4n) is 2.41. The molecule has 112 valence electrons. The first-order valence-electron chi connectivity index (χ1n) is 7.34. The van der Waals surface area contributed by atoms with Gasteiger partial charge in [0, 0.05) is 18.3 Å². The van der Waals surface area contributed by atoms with Gasteiger partial charge in [-0.3, -0.25) is 0 Å². The van der Waals surface area contributed by atoms with Gasteiger partial charge < -0.3 is 15.2 Å². The van der Waals surface area contributed by atoms with Crippen molar-refractivity contribution in [2.45, 2.75) is 38.8 Å². The Morgan fingerprint density at radius 2 is 2.30 bits per heavy atom. The number of ether oxygens (including phenoxy) is 1. The topological polar surface area (TPSA) is 41.5 Å². The van der Waals surface area contributed by atoms with Crippen molar-refractivity contribution in [3.63, 3.8) is 0 Å². The smallest absolute Gasteiger partial charge is 0.122 e. The molecule has 2 N–H and O–H groups in total. The van der Waals surface area contributed by atoms with Crippen LogP contribution in [0.1, 0.15) is 24.0 Å². The number of rotatable bonds is 6. The highest BCUT2D eigenvalue weighted by atomic mass is 32.2. The summed E-state index contributed by atoms with van der Waals surface area (Å²) in [5, 5.41) is 13.4. The van der Waals surface area contributed by atoms with E-state index in [0.717, 1.165) is 17.1 Å². The van der Waals surface area contributed by atoms with Crippen molar-refractivity contribution >= 4 is 11.8 Å². The summed E-state index contributed by atoms with van der Waals surface area (Å²) >= 11 is 1.99. The third kappa shape index (κ3) is 5.00. The van der Waals surface area contributed by atoms with Gasteiger partial charge in [0.2, 0.25) is 0 Å². The second-order valence-electron chi connectivity index (χ2n) is 5.56. The van der Waals surface area contributed by atoms with E-state index in [9.17, 15) is 5.11 Å². The van der Waals surface area contributed by atoms with Crippen LogP contribution in [-0.2, 0) is 0 Å². The molecule has 1 aromatic carbocycles. The Hall–Kier alpha value is -0.710. The summed E-state index contributed by atoms with van der Waals surface area (Å²) in [6.07, 6.45) is 2.04. The molecular weight excluding hydrogens is 270 g/mol. The number of aryl methyl sites for hydroxylation is 2. The summed E-state index contributed by atoms with van der Waals surface area (Å²) in [5.74, 6) is 3.30. The largest absolute Gasteiger partial charge is 0.491 e. The van der Waals surface area contributed by atoms with Gasteiger partial charge in [-0.2, -0.15) is 11.8 Å². The maximum atomic E-state index is 9.99. The molecule has 4 heteroatoms. The van der Waals surface area contributed by atoms with Crippen LogP contribution in [0.4, 0.5) is 0 Å². The molecule has 20 heavy (non-hydrogen) atoms. The molecule has 1 heterocycles. The van der Waals surface area contributed by atoms with Crippen molar-refractivity contribution in [1.82, 2.24) is 5.32 Å². The lowest BCUT2D eigenvalue weighted by molar-refractivity contribution is 0.103. The Kier molecular flexibility index (Phi) is 6.20. The molecule has 1 aliphatic rings. The fraction of sp³-hybridized carbons (Fsp3) is 0.625. The van der Waals surface area contributed by atoms with Crippen molar-refractivity contribution in [2.24, 2.45) is 0 Å². The highest BCUT2D eigenvalue weighted by molar-refractivity contribution is 7.99. The average molecular weight is 295 g/mol. The Morgan fingerprint density at radius 3 is 3.00 bits per heavy atom. The van der Waals surface area contributed by atoms with E-state index in [2.05, 4.69) is 18.3 Å². The summed E-state index contributed by atoms with van der Waals surface area (Å²) in [6.45, 7) is 5.05. The molecule has 2 rings (SSSR count). The van der Waals surface area contributed by atoms with Crippen LogP contribution in [0.3, 0.4) is 0 Å². The van der Waals surface area contributed by atoms with E-state index in [1.807, 2.05) is 30.8 Å². The van der Waals surface area contributed by atoms with E-state index < -0.39 is 6.10 Å². The van der Waals surface area contributed by atoms with Gasteiger partial charge in [0.05, 0.1) is 0 Å². The van der Waals surface area contributed by atoms with Gasteiger partial charge in [0.25, 0.3) is 0 Å². The number of aliphatic hydroxyl groups is 1. The minimum Gasteiger partial charge on any atom is -0.491 e. The molecule has 1 aliphatic heterocycles. The zero-order chi connectivity index (χ0) is 14.4. The quantitative estimate of drug-likeness (QED) is 0.846. The van der Waals surface area contributed by atoms with Crippen LogP contribution in [0.2, 0.25) is 0 Å². The molecule has 3 nitrogen and oxygen atoms in total. The lowest BCUT2D eigenvalue weighted by atomic mass is 10.1. The third-order valence-corrected chi connectivity index (χ3v) is 4.78. The van der Waals surface area contributed by atoms with Crippen LogP contribution >= 0.6 is 11.8 Å². The summed E-state index contributed by atoms with van der Waals surface area (Å²) < 4.78 is 5.70. The van der Waals surface area contributed by atoms with Crippen molar-refractivity contribution < 1.29 is 9.84 Å². The van der Waals surface area contributed by atoms with Gasteiger partial charge in [-0.25, -0.2) is 0 Å². The Morgan fingerprint density at radius 1 is 1.45 bits per heavy atom. The van der Waals surface area contributed by atoms with Gasteiger partial charge in [0.1, 0.15) is 18.5 Å².